The van der Waals surface area contributed by atoms with Gasteiger partial charge in [0.2, 0.25) is 0 Å². The number of allylic oxidation sites excluding steroid dienone is 2. The van der Waals surface area contributed by atoms with E-state index in [0.29, 0.717) is 37.6 Å². The highest BCUT2D eigenvalue weighted by Crippen LogP contribution is 2.33. The van der Waals surface area contributed by atoms with Crippen molar-refractivity contribution in [3.8, 4) is 23.0 Å². The molecule has 0 saturated heterocycles. The molecule has 8 heteroatoms. The number of hydrogen-bond acceptors (Lipinski definition) is 6. The maximum atomic E-state index is 10.8. The van der Waals surface area contributed by atoms with Gasteiger partial charge in [-0.25, -0.2) is 9.59 Å². The van der Waals surface area contributed by atoms with Gasteiger partial charge in [-0.3, -0.25) is 0 Å². The van der Waals surface area contributed by atoms with E-state index < -0.39 is 11.9 Å². The monoisotopic (exact) mass is 772 g/mol. The molecule has 4 N–H and O–H groups in total. The highest BCUT2D eigenvalue weighted by atomic mass is 16.5. The number of carbonyl (C=O) groups is 2. The van der Waals surface area contributed by atoms with E-state index >= 15 is 0 Å². The molecule has 0 amide bonds. The first-order valence-electron chi connectivity index (χ1n) is 18.5. The second-order valence-corrected chi connectivity index (χ2v) is 12.9. The van der Waals surface area contributed by atoms with Gasteiger partial charge in [0, 0.05) is 23.3 Å². The molecule has 0 bridgehead atoms. The van der Waals surface area contributed by atoms with Crippen molar-refractivity contribution in [3.05, 3.63) is 214 Å². The van der Waals surface area contributed by atoms with Crippen LogP contribution in [0.15, 0.2) is 170 Å². The topological polar surface area (TPSA) is 134 Å². The average Bonchev–Trinajstić information content (AvgIpc) is 3.23. The molecule has 6 aromatic carbocycles. The third-order valence-corrected chi connectivity index (χ3v) is 8.68. The Morgan fingerprint density at radius 3 is 1.45 bits per heavy atom. The van der Waals surface area contributed by atoms with Gasteiger partial charge in [0.05, 0.1) is 0 Å². The summed E-state index contributed by atoms with van der Waals surface area (Å²) in [6, 6.07) is 45.3. The zero-order chi connectivity index (χ0) is 41.0. The van der Waals surface area contributed by atoms with Crippen LogP contribution in [0.25, 0.3) is 24.3 Å². The Morgan fingerprint density at radius 2 is 0.845 bits per heavy atom. The summed E-state index contributed by atoms with van der Waals surface area (Å²) >= 11 is 0. The lowest BCUT2D eigenvalue weighted by molar-refractivity contribution is -0.132. The normalized spacial score (nSPS) is 11.2. The minimum atomic E-state index is -0.983. The van der Waals surface area contributed by atoms with Crippen LogP contribution >= 0.6 is 0 Å². The van der Waals surface area contributed by atoms with Crippen molar-refractivity contribution in [2.45, 2.75) is 26.1 Å². The van der Waals surface area contributed by atoms with E-state index in [0.717, 1.165) is 56.7 Å². The zero-order valence-electron chi connectivity index (χ0n) is 31.7. The molecule has 0 fully saturated rings. The van der Waals surface area contributed by atoms with Gasteiger partial charge >= 0.3 is 11.9 Å². The van der Waals surface area contributed by atoms with Crippen molar-refractivity contribution >= 4 is 36.2 Å². The molecule has 0 saturated carbocycles. The second kappa shape index (κ2) is 22.1. The molecule has 6 aromatic rings. The number of benzene rings is 6. The summed E-state index contributed by atoms with van der Waals surface area (Å²) < 4.78 is 11.8. The lowest BCUT2D eigenvalue weighted by Crippen LogP contribution is -1.98. The Hall–Kier alpha value is -7.58. The molecule has 0 heterocycles. The largest absolute Gasteiger partial charge is 0.504 e. The van der Waals surface area contributed by atoms with Crippen LogP contribution < -0.4 is 9.47 Å². The second-order valence-electron chi connectivity index (χ2n) is 12.9. The van der Waals surface area contributed by atoms with Crippen LogP contribution in [-0.4, -0.2) is 32.4 Å². The highest BCUT2D eigenvalue weighted by Gasteiger charge is 2.10. The summed E-state index contributed by atoms with van der Waals surface area (Å²) in [4.78, 5) is 21.6. The van der Waals surface area contributed by atoms with Gasteiger partial charge in [0.15, 0.2) is 23.0 Å². The Bertz CT molecular complexity index is 2380. The molecule has 58 heavy (non-hydrogen) atoms. The summed E-state index contributed by atoms with van der Waals surface area (Å²) in [6.45, 7) is 0.736. The molecular formula is C50H44O8. The van der Waals surface area contributed by atoms with Crippen molar-refractivity contribution in [1.29, 1.82) is 0 Å². The lowest BCUT2D eigenvalue weighted by atomic mass is 10.0. The molecule has 6 rings (SSSR count). The van der Waals surface area contributed by atoms with Gasteiger partial charge in [-0.05, 0) is 70.5 Å². The van der Waals surface area contributed by atoms with Crippen LogP contribution in [-0.2, 0) is 35.6 Å². The van der Waals surface area contributed by atoms with E-state index in [1.165, 1.54) is 0 Å². The maximum absolute atomic E-state index is 10.8. The average molecular weight is 773 g/mol. The van der Waals surface area contributed by atoms with Crippen LogP contribution in [0.3, 0.4) is 0 Å². The minimum Gasteiger partial charge on any atom is -0.504 e. The van der Waals surface area contributed by atoms with Gasteiger partial charge in [0.1, 0.15) is 13.2 Å². The molecule has 0 spiro atoms. The van der Waals surface area contributed by atoms with Gasteiger partial charge in [-0.1, -0.05) is 158 Å². The van der Waals surface area contributed by atoms with E-state index in [4.69, 9.17) is 19.7 Å². The first kappa shape index (κ1) is 41.6. The highest BCUT2D eigenvalue weighted by molar-refractivity contribution is 5.86. The van der Waals surface area contributed by atoms with Crippen LogP contribution in [0.1, 0.15) is 44.5 Å². The number of phenols is 2. The Labute approximate surface area is 338 Å². The van der Waals surface area contributed by atoms with Crippen molar-refractivity contribution in [3.63, 3.8) is 0 Å². The fraction of sp³-hybridized carbons (Fsp3) is 0.0800. The van der Waals surface area contributed by atoms with Crippen LogP contribution in [0.5, 0.6) is 23.0 Å². The summed E-state index contributed by atoms with van der Waals surface area (Å²) in [7, 11) is 0. The van der Waals surface area contributed by atoms with E-state index in [-0.39, 0.29) is 11.5 Å². The first-order valence-corrected chi connectivity index (χ1v) is 18.5. The number of carboxylic acids is 2. The molecule has 0 atom stereocenters. The number of ether oxygens (including phenoxy) is 2. The van der Waals surface area contributed by atoms with Gasteiger partial charge in [-0.2, -0.15) is 0 Å². The van der Waals surface area contributed by atoms with E-state index in [9.17, 15) is 19.8 Å². The van der Waals surface area contributed by atoms with Crippen LogP contribution in [0.2, 0.25) is 0 Å². The molecule has 0 aliphatic carbocycles. The number of carboxylic acid groups (broad SMARTS) is 2. The number of para-hydroxylation sites is 2. The van der Waals surface area contributed by atoms with Gasteiger partial charge in [-0.15, -0.1) is 0 Å². The Balaban J connectivity index is 0.000000221. The SMILES string of the molecule is O=C(O)C=Cc1ccccc1C=CCc1cccc(O)c1OCc1ccccc1.O=C(O)C=Cc1ccccc1CC=Cc1cccc(O)c1OCc1ccccc1. The van der Waals surface area contributed by atoms with Crippen molar-refractivity contribution in [2.75, 3.05) is 0 Å². The summed E-state index contributed by atoms with van der Waals surface area (Å²) in [6.07, 6.45) is 14.4. The summed E-state index contributed by atoms with van der Waals surface area (Å²) in [5.74, 6) is -0.852. The van der Waals surface area contributed by atoms with Gasteiger partial charge < -0.3 is 29.9 Å². The third kappa shape index (κ3) is 13.3. The molecule has 0 unspecified atom stereocenters. The molecule has 0 radical (unpaired) electrons. The quantitative estimate of drug-likeness (QED) is 0.0715. The molecule has 0 aliphatic rings. The van der Waals surface area contributed by atoms with Crippen molar-refractivity contribution < 1.29 is 39.5 Å². The number of hydrogen-bond donors (Lipinski definition) is 4. The number of aromatic hydroxyl groups is 2. The third-order valence-electron chi connectivity index (χ3n) is 8.68. The maximum Gasteiger partial charge on any atom is 0.328 e. The summed E-state index contributed by atoms with van der Waals surface area (Å²) in [5, 5.41) is 38.1. The van der Waals surface area contributed by atoms with E-state index in [1.54, 1.807) is 36.4 Å². The fourth-order valence-corrected chi connectivity index (χ4v) is 5.83. The zero-order valence-corrected chi connectivity index (χ0v) is 31.7. The first-order chi connectivity index (χ1) is 28.3. The fourth-order valence-electron chi connectivity index (χ4n) is 5.83. The van der Waals surface area contributed by atoms with Gasteiger partial charge in [0.25, 0.3) is 0 Å². The molecular weight excluding hydrogens is 729 g/mol. The minimum absolute atomic E-state index is 0.0906. The standard InChI is InChI=1S/2C25H22O4/c2*26-23-15-7-14-22(25(23)29-18-19-8-2-1-3-9-19)13-6-12-20-10-4-5-11-21(20)16-17-24(27)28/h1-11,13-17,26H,12,18H2,(H,27,28);1-12,14-17,26H,13,18H2,(H,27,28). The van der Waals surface area contributed by atoms with Crippen LogP contribution in [0, 0.1) is 0 Å². The van der Waals surface area contributed by atoms with Crippen LogP contribution in [0.4, 0.5) is 0 Å². The Kier molecular flexibility index (Phi) is 15.8. The van der Waals surface area contributed by atoms with Crippen molar-refractivity contribution in [2.24, 2.45) is 0 Å². The summed E-state index contributed by atoms with van der Waals surface area (Å²) in [5.41, 5.74) is 7.29. The predicted octanol–water partition coefficient (Wildman–Crippen LogP) is 10.6. The molecule has 292 valence electrons. The predicted molar refractivity (Wildman–Crippen MR) is 229 cm³/mol. The lowest BCUT2D eigenvalue weighted by Gasteiger charge is -2.12. The smallest absolute Gasteiger partial charge is 0.328 e. The number of rotatable bonds is 16. The molecule has 0 aliphatic heterocycles. The Morgan fingerprint density at radius 1 is 0.431 bits per heavy atom. The molecule has 8 nitrogen and oxygen atoms in total. The van der Waals surface area contributed by atoms with Crippen molar-refractivity contribution in [1.82, 2.24) is 0 Å². The van der Waals surface area contributed by atoms with E-state index in [1.807, 2.05) is 146 Å². The number of aliphatic carboxylic acids is 2. The van der Waals surface area contributed by atoms with E-state index in [2.05, 4.69) is 0 Å². The molecule has 0 aromatic heterocycles. The number of phenolic OH excluding ortho intramolecular Hbond substituents is 2.